The molecule has 0 radical (unpaired) electrons. The third-order valence-electron chi connectivity index (χ3n) is 4.61. The van der Waals surface area contributed by atoms with Crippen molar-refractivity contribution in [3.05, 3.63) is 60.0 Å². The molecule has 0 saturated carbocycles. The molecule has 0 bridgehead atoms. The Labute approximate surface area is 133 Å². The molecule has 2 N–H and O–H groups in total. The molecule has 112 valence electrons. The first-order valence-corrected chi connectivity index (χ1v) is 7.99. The van der Waals surface area contributed by atoms with Gasteiger partial charge in [-0.05, 0) is 49.1 Å². The number of pyridine rings is 1. The maximum atomic E-state index is 4.84. The van der Waals surface area contributed by atoms with Gasteiger partial charge in [0.2, 0.25) is 0 Å². The van der Waals surface area contributed by atoms with E-state index < -0.39 is 0 Å². The number of nitrogens with zero attached hydrogens (tertiary/aromatic N) is 2. The lowest BCUT2D eigenvalue weighted by molar-refractivity contribution is 0.901. The van der Waals surface area contributed by atoms with Gasteiger partial charge in [-0.15, -0.1) is 0 Å². The molecule has 0 fully saturated rings. The fourth-order valence-corrected chi connectivity index (χ4v) is 3.51. The topological polar surface area (TPSA) is 53.6 Å². The van der Waals surface area contributed by atoms with Gasteiger partial charge in [0.15, 0.2) is 0 Å². The first-order chi connectivity index (χ1) is 11.4. The summed E-state index contributed by atoms with van der Waals surface area (Å²) < 4.78 is 0. The van der Waals surface area contributed by atoms with Crippen LogP contribution in [0.1, 0.15) is 17.7 Å². The molecule has 4 aromatic rings. The Morgan fingerprint density at radius 3 is 2.96 bits per heavy atom. The highest BCUT2D eigenvalue weighted by Crippen LogP contribution is 2.36. The number of aromatic nitrogens is 3. The maximum absolute atomic E-state index is 4.84. The van der Waals surface area contributed by atoms with Gasteiger partial charge in [0.05, 0.1) is 28.6 Å². The minimum atomic E-state index is 0.986. The lowest BCUT2D eigenvalue weighted by Crippen LogP contribution is -1.99. The number of H-pyrrole nitrogens is 1. The molecule has 4 nitrogen and oxygen atoms in total. The van der Waals surface area contributed by atoms with Gasteiger partial charge in [-0.25, -0.2) is 4.98 Å². The van der Waals surface area contributed by atoms with Crippen molar-refractivity contribution in [3.8, 4) is 0 Å². The molecule has 0 atom stereocenters. The minimum Gasteiger partial charge on any atom is -0.355 e. The fraction of sp³-hybridized carbons (Fsp3) is 0.158. The van der Waals surface area contributed by atoms with Crippen LogP contribution in [-0.2, 0) is 12.8 Å². The van der Waals surface area contributed by atoms with Crippen LogP contribution in [-0.4, -0.2) is 15.0 Å². The Morgan fingerprint density at radius 1 is 1.00 bits per heavy atom. The number of hydrogen-bond acceptors (Lipinski definition) is 3. The summed E-state index contributed by atoms with van der Waals surface area (Å²) in [6.07, 6.45) is 5.09. The predicted octanol–water partition coefficient (Wildman–Crippen LogP) is 4.34. The predicted molar refractivity (Wildman–Crippen MR) is 93.1 cm³/mol. The molecule has 4 heteroatoms. The second-order valence-electron chi connectivity index (χ2n) is 6.04. The largest absolute Gasteiger partial charge is 0.355 e. The van der Waals surface area contributed by atoms with E-state index in [-0.39, 0.29) is 0 Å². The van der Waals surface area contributed by atoms with E-state index >= 15 is 0 Å². The Bertz CT molecular complexity index is 1030. The summed E-state index contributed by atoms with van der Waals surface area (Å²) in [6.45, 7) is 0. The highest BCUT2D eigenvalue weighted by Gasteiger charge is 2.19. The molecule has 2 heterocycles. The second kappa shape index (κ2) is 4.81. The molecule has 1 aliphatic rings. The van der Waals surface area contributed by atoms with Gasteiger partial charge in [0.25, 0.3) is 0 Å². The van der Waals surface area contributed by atoms with Crippen LogP contribution in [0.5, 0.6) is 0 Å². The van der Waals surface area contributed by atoms with Crippen LogP contribution in [0.4, 0.5) is 11.4 Å². The lowest BCUT2D eigenvalue weighted by Gasteiger charge is -2.14. The van der Waals surface area contributed by atoms with Crippen LogP contribution in [0.15, 0.2) is 48.8 Å². The molecule has 0 unspecified atom stereocenters. The van der Waals surface area contributed by atoms with Crippen molar-refractivity contribution in [1.82, 2.24) is 15.0 Å². The Kier molecular flexibility index (Phi) is 2.65. The van der Waals surface area contributed by atoms with Crippen LogP contribution >= 0.6 is 0 Å². The summed E-state index contributed by atoms with van der Waals surface area (Å²) >= 11 is 0. The van der Waals surface area contributed by atoms with Crippen LogP contribution in [0.25, 0.3) is 21.9 Å². The fourth-order valence-electron chi connectivity index (χ4n) is 3.51. The average molecular weight is 300 g/mol. The third kappa shape index (κ3) is 1.99. The Morgan fingerprint density at radius 2 is 1.96 bits per heavy atom. The Hall–Kier alpha value is -2.88. The molecule has 5 rings (SSSR count). The summed E-state index contributed by atoms with van der Waals surface area (Å²) in [4.78, 5) is 12.3. The number of nitrogens with one attached hydrogen (secondary N) is 2. The number of anilines is 2. The van der Waals surface area contributed by atoms with E-state index in [1.807, 2.05) is 6.07 Å². The van der Waals surface area contributed by atoms with Gasteiger partial charge in [0, 0.05) is 16.8 Å². The number of benzene rings is 2. The van der Waals surface area contributed by atoms with E-state index in [1.54, 1.807) is 6.33 Å². The summed E-state index contributed by atoms with van der Waals surface area (Å²) in [5.74, 6) is 0. The molecule has 2 aromatic carbocycles. The van der Waals surface area contributed by atoms with Gasteiger partial charge >= 0.3 is 0 Å². The molecule has 0 spiro atoms. The second-order valence-corrected chi connectivity index (χ2v) is 6.04. The third-order valence-corrected chi connectivity index (χ3v) is 4.61. The molecule has 0 saturated heterocycles. The first-order valence-electron chi connectivity index (χ1n) is 7.99. The summed E-state index contributed by atoms with van der Waals surface area (Å²) in [5.41, 5.74) is 8.00. The molecule has 0 aliphatic heterocycles. The molecular weight excluding hydrogens is 284 g/mol. The van der Waals surface area contributed by atoms with Gasteiger partial charge in [-0.3, -0.25) is 4.98 Å². The van der Waals surface area contributed by atoms with Gasteiger partial charge < -0.3 is 10.3 Å². The van der Waals surface area contributed by atoms with Gasteiger partial charge in [0.1, 0.15) is 0 Å². The number of aryl methyl sites for hydroxylation is 1. The molecule has 2 aromatic heterocycles. The van der Waals surface area contributed by atoms with Gasteiger partial charge in [-0.2, -0.15) is 0 Å². The van der Waals surface area contributed by atoms with Crippen molar-refractivity contribution in [1.29, 1.82) is 0 Å². The van der Waals surface area contributed by atoms with Crippen molar-refractivity contribution >= 4 is 33.3 Å². The van der Waals surface area contributed by atoms with Crippen LogP contribution in [0, 0.1) is 0 Å². The number of fused-ring (bicyclic) bond motifs is 3. The first kappa shape index (κ1) is 12.6. The van der Waals surface area contributed by atoms with E-state index in [9.17, 15) is 0 Å². The minimum absolute atomic E-state index is 0.986. The number of rotatable bonds is 2. The van der Waals surface area contributed by atoms with E-state index in [0.717, 1.165) is 35.1 Å². The number of para-hydroxylation sites is 1. The van der Waals surface area contributed by atoms with Gasteiger partial charge in [-0.1, -0.05) is 18.2 Å². The van der Waals surface area contributed by atoms with Crippen molar-refractivity contribution in [2.75, 3.05) is 5.32 Å². The zero-order chi connectivity index (χ0) is 15.2. The van der Waals surface area contributed by atoms with E-state index in [2.05, 4.69) is 51.7 Å². The quantitative estimate of drug-likeness (QED) is 0.579. The van der Waals surface area contributed by atoms with Crippen LogP contribution in [0.2, 0.25) is 0 Å². The molecule has 1 aliphatic carbocycles. The Balaban J connectivity index is 1.69. The van der Waals surface area contributed by atoms with E-state index in [0.29, 0.717) is 0 Å². The molecule has 0 amide bonds. The van der Waals surface area contributed by atoms with Crippen LogP contribution in [0.3, 0.4) is 0 Å². The van der Waals surface area contributed by atoms with Crippen molar-refractivity contribution in [3.63, 3.8) is 0 Å². The lowest BCUT2D eigenvalue weighted by atomic mass is 10.1. The normalized spacial score (nSPS) is 13.6. The maximum Gasteiger partial charge on any atom is 0.0931 e. The summed E-state index contributed by atoms with van der Waals surface area (Å²) in [7, 11) is 0. The zero-order valence-electron chi connectivity index (χ0n) is 12.6. The highest BCUT2D eigenvalue weighted by atomic mass is 14.9. The van der Waals surface area contributed by atoms with Crippen LogP contribution < -0.4 is 5.32 Å². The molecule has 23 heavy (non-hydrogen) atoms. The number of aromatic amines is 1. The SMILES string of the molecule is c1ccc2c(Nc3ccc4nc[nH]c4c3)c3c(nc2c1)CCC3. The standard InChI is InChI=1S/C19H16N4/c1-2-6-15-13(4-1)19(14-5-3-7-16(14)23-15)22-12-8-9-17-18(10-12)21-11-20-17/h1-2,4,6,8-11H,3,5,7H2,(H,20,21)(H,22,23). The van der Waals surface area contributed by atoms with E-state index in [1.165, 1.54) is 28.8 Å². The zero-order valence-corrected chi connectivity index (χ0v) is 12.6. The monoisotopic (exact) mass is 300 g/mol. The number of hydrogen-bond donors (Lipinski definition) is 2. The molecular formula is C19H16N4. The summed E-state index contributed by atoms with van der Waals surface area (Å²) in [5, 5.41) is 4.83. The average Bonchev–Trinajstić information content (AvgIpc) is 3.22. The smallest absolute Gasteiger partial charge is 0.0931 e. The summed E-state index contributed by atoms with van der Waals surface area (Å²) in [6, 6.07) is 14.6. The number of imidazole rings is 1. The van der Waals surface area contributed by atoms with Crippen molar-refractivity contribution in [2.24, 2.45) is 0 Å². The van der Waals surface area contributed by atoms with E-state index in [4.69, 9.17) is 4.98 Å². The van der Waals surface area contributed by atoms with Crippen molar-refractivity contribution in [2.45, 2.75) is 19.3 Å². The highest BCUT2D eigenvalue weighted by molar-refractivity contribution is 5.96. The van der Waals surface area contributed by atoms with Crippen molar-refractivity contribution < 1.29 is 0 Å².